The van der Waals surface area contributed by atoms with E-state index >= 15 is 0 Å². The van der Waals surface area contributed by atoms with Gasteiger partial charge >= 0.3 is 0 Å². The van der Waals surface area contributed by atoms with Gasteiger partial charge in [0, 0.05) is 7.49 Å². The molecule has 1 atom stereocenters. The van der Waals surface area contributed by atoms with Crippen molar-refractivity contribution in [3.63, 3.8) is 0 Å². The van der Waals surface area contributed by atoms with Crippen LogP contribution in [0.5, 0.6) is 0 Å². The van der Waals surface area contributed by atoms with Crippen LogP contribution in [-0.2, 0) is 6.42 Å². The summed E-state index contributed by atoms with van der Waals surface area (Å²) in [5, 5.41) is 0. The van der Waals surface area contributed by atoms with Gasteiger partial charge in [0.15, 0.2) is 0 Å². The van der Waals surface area contributed by atoms with E-state index in [1.54, 1.807) is 0 Å². The summed E-state index contributed by atoms with van der Waals surface area (Å²) in [6, 6.07) is 8.56. The normalized spacial score (nSPS) is 13.0. The Morgan fingerprint density at radius 1 is 1.36 bits per heavy atom. The van der Waals surface area contributed by atoms with Crippen LogP contribution in [0.15, 0.2) is 24.3 Å². The zero-order chi connectivity index (χ0) is 8.27. The van der Waals surface area contributed by atoms with E-state index in [1.807, 2.05) is 0 Å². The summed E-state index contributed by atoms with van der Waals surface area (Å²) in [6.45, 7) is 2.24. The summed E-state index contributed by atoms with van der Waals surface area (Å²) in [6.07, 6.45) is 1.18. The molecule has 1 unspecified atom stereocenters. The van der Waals surface area contributed by atoms with E-state index in [9.17, 15) is 0 Å². The van der Waals surface area contributed by atoms with Crippen molar-refractivity contribution >= 4 is 45.2 Å². The molecule has 0 N–H and O–H groups in total. The molecule has 0 heterocycles. The fourth-order valence-corrected chi connectivity index (χ4v) is 2.05. The van der Waals surface area contributed by atoms with Crippen LogP contribution < -0.4 is 0 Å². The van der Waals surface area contributed by atoms with Gasteiger partial charge in [-0.2, -0.15) is 0 Å². The van der Waals surface area contributed by atoms with Gasteiger partial charge in [-0.05, 0) is 40.6 Å². The molecule has 0 bridgehead atoms. The van der Waals surface area contributed by atoms with Crippen LogP contribution in [0.4, 0.5) is 0 Å². The van der Waals surface area contributed by atoms with Crippen molar-refractivity contribution in [3.8, 4) is 0 Å². The molecular weight excluding hydrogens is 362 g/mol. The molecule has 0 aliphatic carbocycles. The monoisotopic (exact) mass is 372 g/mol. The fraction of sp³-hybridized carbons (Fsp3) is 0.333. The van der Waals surface area contributed by atoms with Gasteiger partial charge < -0.3 is 0 Å². The molecule has 0 aliphatic rings. The summed E-state index contributed by atoms with van der Waals surface area (Å²) in [4.78, 5) is 0. The van der Waals surface area contributed by atoms with Gasteiger partial charge in [0.25, 0.3) is 0 Å². The molecule has 60 valence electrons. The lowest BCUT2D eigenvalue weighted by Crippen LogP contribution is -1.97. The van der Waals surface area contributed by atoms with Gasteiger partial charge in [0.1, 0.15) is 0 Å². The van der Waals surface area contributed by atoms with Crippen LogP contribution in [0.2, 0.25) is 0 Å². The van der Waals surface area contributed by atoms with Crippen LogP contribution >= 0.6 is 45.2 Å². The summed E-state index contributed by atoms with van der Waals surface area (Å²) >= 11 is 4.85. The van der Waals surface area contributed by atoms with Crippen molar-refractivity contribution in [1.82, 2.24) is 0 Å². The van der Waals surface area contributed by atoms with E-state index in [-0.39, 0.29) is 0 Å². The third-order valence-corrected chi connectivity index (χ3v) is 2.95. The molecule has 11 heavy (non-hydrogen) atoms. The fourth-order valence-electron chi connectivity index (χ4n) is 0.967. The average Bonchev–Trinajstić information content (AvgIpc) is 1.93. The predicted molar refractivity (Wildman–Crippen MR) is 66.3 cm³/mol. The van der Waals surface area contributed by atoms with E-state index in [2.05, 4.69) is 76.4 Å². The first-order chi connectivity index (χ1) is 5.20. The standard InChI is InChI=1S/C9H10I2/c1-7(10)6-8-4-2-3-5-9(8)11/h2-5,7H,6H2,1H3. The molecule has 0 saturated heterocycles. The number of hydrogen-bond donors (Lipinski definition) is 0. The maximum atomic E-state index is 2.46. The topological polar surface area (TPSA) is 0 Å². The minimum atomic E-state index is 0.725. The van der Waals surface area contributed by atoms with Gasteiger partial charge in [0.2, 0.25) is 0 Å². The van der Waals surface area contributed by atoms with Crippen molar-refractivity contribution in [2.75, 3.05) is 0 Å². The van der Waals surface area contributed by atoms with Gasteiger partial charge in [-0.3, -0.25) is 0 Å². The smallest absolute Gasteiger partial charge is 0.0162 e. The Kier molecular flexibility index (Phi) is 4.12. The van der Waals surface area contributed by atoms with Crippen molar-refractivity contribution < 1.29 is 0 Å². The third kappa shape index (κ3) is 3.27. The maximum Gasteiger partial charge on any atom is 0.0162 e. The first-order valence-corrected chi connectivity index (χ1v) is 5.90. The minimum absolute atomic E-state index is 0.725. The molecule has 0 radical (unpaired) electrons. The molecule has 1 aromatic rings. The van der Waals surface area contributed by atoms with Crippen LogP contribution in [0, 0.1) is 3.57 Å². The van der Waals surface area contributed by atoms with Crippen molar-refractivity contribution in [3.05, 3.63) is 33.4 Å². The molecule has 0 aliphatic heterocycles. The Morgan fingerprint density at radius 3 is 2.55 bits per heavy atom. The Morgan fingerprint density at radius 2 is 2.00 bits per heavy atom. The second-order valence-corrected chi connectivity index (χ2v) is 5.86. The SMILES string of the molecule is CC(I)Cc1ccccc1I. The van der Waals surface area contributed by atoms with E-state index in [0.29, 0.717) is 0 Å². The lowest BCUT2D eigenvalue weighted by molar-refractivity contribution is 0.970. The molecule has 1 rings (SSSR count). The molecule has 0 aromatic heterocycles. The highest BCUT2D eigenvalue weighted by molar-refractivity contribution is 14.1. The molecule has 0 nitrogen and oxygen atoms in total. The number of benzene rings is 1. The van der Waals surface area contributed by atoms with Crippen molar-refractivity contribution in [1.29, 1.82) is 0 Å². The Labute approximate surface area is 95.0 Å². The molecule has 2 heteroatoms. The number of hydrogen-bond acceptors (Lipinski definition) is 0. The lowest BCUT2D eigenvalue weighted by Gasteiger charge is -2.04. The van der Waals surface area contributed by atoms with Crippen molar-refractivity contribution in [2.45, 2.75) is 17.3 Å². The largest absolute Gasteiger partial charge is 0.0826 e. The summed E-state index contributed by atoms with van der Waals surface area (Å²) in [5.41, 5.74) is 1.47. The summed E-state index contributed by atoms with van der Waals surface area (Å²) in [5.74, 6) is 0. The van der Waals surface area contributed by atoms with Crippen LogP contribution in [0.25, 0.3) is 0 Å². The van der Waals surface area contributed by atoms with E-state index in [4.69, 9.17) is 0 Å². The van der Waals surface area contributed by atoms with Gasteiger partial charge in [0.05, 0.1) is 0 Å². The minimum Gasteiger partial charge on any atom is -0.0826 e. The third-order valence-electron chi connectivity index (χ3n) is 1.46. The molecule has 0 saturated carbocycles. The molecule has 0 fully saturated rings. The lowest BCUT2D eigenvalue weighted by atomic mass is 10.1. The van der Waals surface area contributed by atoms with E-state index in [1.165, 1.54) is 15.6 Å². The zero-order valence-electron chi connectivity index (χ0n) is 6.35. The molecular formula is C9H10I2. The zero-order valence-corrected chi connectivity index (χ0v) is 10.7. The van der Waals surface area contributed by atoms with Crippen LogP contribution in [0.1, 0.15) is 12.5 Å². The second kappa shape index (κ2) is 4.64. The molecule has 0 amide bonds. The van der Waals surface area contributed by atoms with Crippen LogP contribution in [0.3, 0.4) is 0 Å². The van der Waals surface area contributed by atoms with Crippen LogP contribution in [-0.4, -0.2) is 3.92 Å². The quantitative estimate of drug-likeness (QED) is 0.549. The predicted octanol–water partition coefficient (Wildman–Crippen LogP) is 3.66. The maximum absolute atomic E-state index is 2.46. The Balaban J connectivity index is 2.78. The molecule has 0 spiro atoms. The number of rotatable bonds is 2. The highest BCUT2D eigenvalue weighted by Gasteiger charge is 2.01. The Bertz CT molecular complexity index is 231. The number of halogens is 2. The first kappa shape index (κ1) is 9.77. The van der Waals surface area contributed by atoms with E-state index in [0.717, 1.165) is 3.92 Å². The van der Waals surface area contributed by atoms with E-state index < -0.39 is 0 Å². The average molecular weight is 372 g/mol. The molecule has 1 aromatic carbocycles. The summed E-state index contributed by atoms with van der Waals surface area (Å²) in [7, 11) is 0. The Hall–Kier alpha value is 0.680. The van der Waals surface area contributed by atoms with Crippen molar-refractivity contribution in [2.24, 2.45) is 0 Å². The van der Waals surface area contributed by atoms with Gasteiger partial charge in [-0.1, -0.05) is 47.7 Å². The first-order valence-electron chi connectivity index (χ1n) is 3.57. The highest BCUT2D eigenvalue weighted by atomic mass is 127. The summed E-state index contributed by atoms with van der Waals surface area (Å²) < 4.78 is 2.11. The van der Waals surface area contributed by atoms with Gasteiger partial charge in [-0.15, -0.1) is 0 Å². The highest BCUT2D eigenvalue weighted by Crippen LogP contribution is 2.16. The van der Waals surface area contributed by atoms with Gasteiger partial charge in [-0.25, -0.2) is 0 Å². The number of alkyl halides is 1. The second-order valence-electron chi connectivity index (χ2n) is 2.58.